The normalized spacial score (nSPS) is 21.7. The predicted octanol–water partition coefficient (Wildman–Crippen LogP) is 5.23. The minimum atomic E-state index is -0.384. The third kappa shape index (κ3) is 5.65. The molecule has 2 amide bonds. The Morgan fingerprint density at radius 2 is 1.79 bits per heavy atom. The zero-order valence-electron chi connectivity index (χ0n) is 18.4. The Hall–Kier alpha value is -2.75. The van der Waals surface area contributed by atoms with E-state index in [9.17, 15) is 9.59 Å². The molecule has 1 aliphatic carbocycles. The molecular weight excluding hydrogens is 514 g/mol. The Labute approximate surface area is 210 Å². The van der Waals surface area contributed by atoms with Crippen LogP contribution in [0.3, 0.4) is 0 Å². The number of fused-ring (bicyclic) bond motifs is 1. The van der Waals surface area contributed by atoms with Gasteiger partial charge in [-0.25, -0.2) is 9.97 Å². The number of imide groups is 1. The SMILES string of the molecule is O=C1NC(=O)/C(=C/c2ccnc(N[C@H]3CC[C@H](NCc4ccc5cc(Br)ccc5c4)CC3)n2)S1. The number of hydrogen-bond donors (Lipinski definition) is 3. The van der Waals surface area contributed by atoms with Crippen LogP contribution in [0.5, 0.6) is 0 Å². The van der Waals surface area contributed by atoms with Crippen molar-refractivity contribution < 1.29 is 9.59 Å². The van der Waals surface area contributed by atoms with Gasteiger partial charge in [0, 0.05) is 29.3 Å². The molecule has 1 aromatic heterocycles. The van der Waals surface area contributed by atoms with E-state index in [1.165, 1.54) is 16.3 Å². The van der Waals surface area contributed by atoms with Gasteiger partial charge in [-0.2, -0.15) is 0 Å². The molecule has 0 spiro atoms. The Kier molecular flexibility index (Phi) is 6.94. The second-order valence-corrected chi connectivity index (χ2v) is 10.5. The van der Waals surface area contributed by atoms with Crippen LogP contribution in [0.4, 0.5) is 10.7 Å². The van der Waals surface area contributed by atoms with Crippen molar-refractivity contribution in [2.24, 2.45) is 0 Å². The molecule has 3 N–H and O–H groups in total. The first kappa shape index (κ1) is 23.0. The fraction of sp³-hybridized carbons (Fsp3) is 0.280. The maximum absolute atomic E-state index is 11.7. The lowest BCUT2D eigenvalue weighted by Gasteiger charge is -2.30. The highest BCUT2D eigenvalue weighted by Gasteiger charge is 2.25. The summed E-state index contributed by atoms with van der Waals surface area (Å²) in [6, 6.07) is 15.5. The van der Waals surface area contributed by atoms with E-state index in [4.69, 9.17) is 0 Å². The smallest absolute Gasteiger partial charge is 0.290 e. The van der Waals surface area contributed by atoms with Gasteiger partial charge in [-0.1, -0.05) is 34.1 Å². The van der Waals surface area contributed by atoms with E-state index >= 15 is 0 Å². The lowest BCUT2D eigenvalue weighted by Crippen LogP contribution is -2.36. The van der Waals surface area contributed by atoms with Crippen LogP contribution in [0, 0.1) is 0 Å². The average Bonchev–Trinajstić information content (AvgIpc) is 3.15. The van der Waals surface area contributed by atoms with Gasteiger partial charge in [0.25, 0.3) is 11.1 Å². The van der Waals surface area contributed by atoms with Crippen molar-refractivity contribution in [2.75, 3.05) is 5.32 Å². The molecule has 1 aliphatic heterocycles. The summed E-state index contributed by atoms with van der Waals surface area (Å²) in [4.78, 5) is 32.3. The Balaban J connectivity index is 1.12. The molecule has 0 atom stereocenters. The summed E-state index contributed by atoms with van der Waals surface area (Å²) in [5.74, 6) is 0.161. The number of rotatable bonds is 6. The molecule has 2 aliphatic rings. The molecule has 7 nitrogen and oxygen atoms in total. The number of aromatic nitrogens is 2. The quantitative estimate of drug-likeness (QED) is 0.370. The number of carbonyl (C=O) groups is 2. The molecule has 1 saturated heterocycles. The molecule has 0 radical (unpaired) electrons. The third-order valence-electron chi connectivity index (χ3n) is 6.12. The predicted molar refractivity (Wildman–Crippen MR) is 139 cm³/mol. The van der Waals surface area contributed by atoms with Crippen molar-refractivity contribution in [1.82, 2.24) is 20.6 Å². The maximum atomic E-state index is 11.7. The van der Waals surface area contributed by atoms with E-state index < -0.39 is 0 Å². The van der Waals surface area contributed by atoms with Crippen LogP contribution in [0.2, 0.25) is 0 Å². The molecule has 174 valence electrons. The summed E-state index contributed by atoms with van der Waals surface area (Å²) in [6.07, 6.45) is 7.51. The van der Waals surface area contributed by atoms with E-state index in [-0.39, 0.29) is 11.1 Å². The summed E-state index contributed by atoms with van der Waals surface area (Å²) in [5, 5.41) is 11.5. The van der Waals surface area contributed by atoms with Gasteiger partial charge in [-0.05, 0) is 84.1 Å². The van der Waals surface area contributed by atoms with Crippen molar-refractivity contribution in [3.8, 4) is 0 Å². The lowest BCUT2D eigenvalue weighted by atomic mass is 9.91. The number of nitrogens with zero attached hydrogens (tertiary/aromatic N) is 2. The summed E-state index contributed by atoms with van der Waals surface area (Å²) < 4.78 is 1.10. The van der Waals surface area contributed by atoms with E-state index in [2.05, 4.69) is 78.2 Å². The first-order chi connectivity index (χ1) is 16.5. The highest BCUT2D eigenvalue weighted by molar-refractivity contribution is 9.10. The fourth-order valence-electron chi connectivity index (χ4n) is 4.34. The second kappa shape index (κ2) is 10.2. The second-order valence-electron chi connectivity index (χ2n) is 8.56. The first-order valence-corrected chi connectivity index (χ1v) is 12.9. The van der Waals surface area contributed by atoms with Crippen LogP contribution in [-0.2, 0) is 11.3 Å². The van der Waals surface area contributed by atoms with Gasteiger partial charge in [-0.3, -0.25) is 14.9 Å². The van der Waals surface area contributed by atoms with Crippen LogP contribution in [0.1, 0.15) is 36.9 Å². The molecule has 9 heteroatoms. The molecular formula is C25H24BrN5O2S. The van der Waals surface area contributed by atoms with E-state index in [1.54, 1.807) is 18.3 Å². The molecule has 1 saturated carbocycles. The molecule has 2 fully saturated rings. The maximum Gasteiger partial charge on any atom is 0.290 e. The van der Waals surface area contributed by atoms with E-state index in [0.717, 1.165) is 48.5 Å². The fourth-order valence-corrected chi connectivity index (χ4v) is 5.39. The van der Waals surface area contributed by atoms with E-state index in [0.29, 0.717) is 28.6 Å². The van der Waals surface area contributed by atoms with Crippen molar-refractivity contribution in [3.05, 3.63) is 69.3 Å². The average molecular weight is 538 g/mol. The number of nitrogens with one attached hydrogen (secondary N) is 3. The number of anilines is 1. The molecule has 3 aromatic rings. The minimum Gasteiger partial charge on any atom is -0.351 e. The zero-order chi connectivity index (χ0) is 23.5. The highest BCUT2D eigenvalue weighted by Crippen LogP contribution is 2.26. The van der Waals surface area contributed by atoms with Crippen molar-refractivity contribution in [1.29, 1.82) is 0 Å². The number of amides is 2. The molecule has 5 rings (SSSR count). The largest absolute Gasteiger partial charge is 0.351 e. The van der Waals surface area contributed by atoms with Crippen LogP contribution < -0.4 is 16.0 Å². The van der Waals surface area contributed by atoms with Crippen LogP contribution in [0.15, 0.2) is 58.0 Å². The Bertz CT molecular complexity index is 1270. The van der Waals surface area contributed by atoms with Crippen LogP contribution in [0.25, 0.3) is 16.8 Å². The number of thioether (sulfide) groups is 1. The zero-order valence-corrected chi connectivity index (χ0v) is 20.8. The summed E-state index contributed by atoms with van der Waals surface area (Å²) in [5.41, 5.74) is 1.90. The number of carbonyl (C=O) groups excluding carboxylic acids is 2. The first-order valence-electron chi connectivity index (χ1n) is 11.3. The van der Waals surface area contributed by atoms with Gasteiger partial charge >= 0.3 is 0 Å². The van der Waals surface area contributed by atoms with E-state index in [1.807, 2.05) is 0 Å². The molecule has 0 bridgehead atoms. The number of benzene rings is 2. The Morgan fingerprint density at radius 1 is 1.03 bits per heavy atom. The van der Waals surface area contributed by atoms with Gasteiger partial charge in [0.15, 0.2) is 0 Å². The summed E-state index contributed by atoms with van der Waals surface area (Å²) in [7, 11) is 0. The topological polar surface area (TPSA) is 96.0 Å². The Morgan fingerprint density at radius 3 is 2.59 bits per heavy atom. The van der Waals surface area contributed by atoms with Gasteiger partial charge in [0.1, 0.15) is 0 Å². The lowest BCUT2D eigenvalue weighted by molar-refractivity contribution is -0.115. The summed E-state index contributed by atoms with van der Waals surface area (Å²) in [6.45, 7) is 0.864. The van der Waals surface area contributed by atoms with Crippen LogP contribution in [-0.4, -0.2) is 33.2 Å². The van der Waals surface area contributed by atoms with Crippen LogP contribution >= 0.6 is 27.7 Å². The van der Waals surface area contributed by atoms with Crippen molar-refractivity contribution >= 4 is 61.6 Å². The molecule has 2 aromatic carbocycles. The molecule has 0 unspecified atom stereocenters. The highest BCUT2D eigenvalue weighted by atomic mass is 79.9. The molecule has 2 heterocycles. The van der Waals surface area contributed by atoms with Gasteiger partial charge in [0.05, 0.1) is 10.6 Å². The summed E-state index contributed by atoms with van der Waals surface area (Å²) >= 11 is 4.42. The standard InChI is InChI=1S/C25H24BrN5O2S/c26-18-4-3-16-11-15(1-2-17(16)12-18)14-28-19-5-7-20(8-6-19)29-24-27-10-9-21(30-24)13-22-23(32)31-25(33)34-22/h1-4,9-13,19-20,28H,5-8,14H2,(H,27,29,30)(H,31,32,33)/b22-13-/t19-,20-. The third-order valence-corrected chi connectivity index (χ3v) is 7.42. The number of hydrogen-bond acceptors (Lipinski definition) is 7. The monoisotopic (exact) mass is 537 g/mol. The van der Waals surface area contributed by atoms with Crippen molar-refractivity contribution in [2.45, 2.75) is 44.3 Å². The minimum absolute atomic E-state index is 0.311. The van der Waals surface area contributed by atoms with Gasteiger partial charge in [-0.15, -0.1) is 0 Å². The van der Waals surface area contributed by atoms with Gasteiger partial charge in [0.2, 0.25) is 5.95 Å². The van der Waals surface area contributed by atoms with Gasteiger partial charge < -0.3 is 10.6 Å². The molecule has 34 heavy (non-hydrogen) atoms. The van der Waals surface area contributed by atoms with Crippen molar-refractivity contribution in [3.63, 3.8) is 0 Å². The number of halogens is 1.